The number of carbonyl (C=O) groups excluding carboxylic acids is 1. The van der Waals surface area contributed by atoms with Crippen LogP contribution in [0.25, 0.3) is 10.9 Å². The number of halogens is 1. The summed E-state index contributed by atoms with van der Waals surface area (Å²) in [6.07, 6.45) is 0.0961. The lowest BCUT2D eigenvalue weighted by Gasteiger charge is -2.10. The van der Waals surface area contributed by atoms with E-state index < -0.39 is 5.91 Å². The minimum Gasteiger partial charge on any atom is -0.497 e. The van der Waals surface area contributed by atoms with Crippen molar-refractivity contribution in [2.24, 2.45) is 0 Å². The van der Waals surface area contributed by atoms with E-state index in [1.54, 1.807) is 30.8 Å². The number of carbonyl (C=O) groups is 1. The molecule has 0 aliphatic carbocycles. The van der Waals surface area contributed by atoms with Gasteiger partial charge in [-0.05, 0) is 41.4 Å². The highest BCUT2D eigenvalue weighted by atomic mass is 35.5. The number of rotatable bonds is 5. The van der Waals surface area contributed by atoms with E-state index in [0.29, 0.717) is 17.1 Å². The summed E-state index contributed by atoms with van der Waals surface area (Å²) in [5, 5.41) is 12.7. The zero-order valence-electron chi connectivity index (χ0n) is 13.3. The predicted octanol–water partition coefficient (Wildman–Crippen LogP) is 3.08. The fraction of sp³-hybridized carbons (Fsp3) is 0.118. The lowest BCUT2D eigenvalue weighted by atomic mass is 10.1. The van der Waals surface area contributed by atoms with Crippen molar-refractivity contribution in [1.29, 1.82) is 0 Å². The number of anilines is 2. The van der Waals surface area contributed by atoms with Gasteiger partial charge in [-0.25, -0.2) is 10.5 Å². The summed E-state index contributed by atoms with van der Waals surface area (Å²) in [6.45, 7) is 0. The molecule has 3 rings (SSSR count). The Morgan fingerprint density at radius 3 is 2.64 bits per heavy atom. The molecule has 0 unspecified atom stereocenters. The van der Waals surface area contributed by atoms with Gasteiger partial charge in [0.15, 0.2) is 0 Å². The van der Waals surface area contributed by atoms with Gasteiger partial charge in [-0.3, -0.25) is 10.0 Å². The van der Waals surface area contributed by atoms with Crippen LogP contribution in [0.5, 0.6) is 5.75 Å². The first-order valence-corrected chi connectivity index (χ1v) is 7.77. The fourth-order valence-electron chi connectivity index (χ4n) is 2.37. The molecule has 7 nitrogen and oxygen atoms in total. The first-order chi connectivity index (χ1) is 12.1. The molecule has 0 aliphatic heterocycles. The Kier molecular flexibility index (Phi) is 4.97. The highest BCUT2D eigenvalue weighted by Crippen LogP contribution is 2.28. The summed E-state index contributed by atoms with van der Waals surface area (Å²) in [4.78, 5) is 19.6. The SMILES string of the molecule is COc1ccc2c(Nc3ccc(CC(=O)NO)cc3)nc(Cl)nc2c1. The minimum atomic E-state index is -0.469. The lowest BCUT2D eigenvalue weighted by Crippen LogP contribution is -2.20. The van der Waals surface area contributed by atoms with Gasteiger partial charge in [-0.15, -0.1) is 0 Å². The molecule has 3 aromatic rings. The lowest BCUT2D eigenvalue weighted by molar-refractivity contribution is -0.128. The molecule has 3 N–H and O–H groups in total. The van der Waals surface area contributed by atoms with Gasteiger partial charge in [0.1, 0.15) is 11.6 Å². The van der Waals surface area contributed by atoms with E-state index >= 15 is 0 Å². The number of fused-ring (bicyclic) bond motifs is 1. The number of benzene rings is 2. The van der Waals surface area contributed by atoms with E-state index in [9.17, 15) is 4.79 Å². The minimum absolute atomic E-state index is 0.0961. The van der Waals surface area contributed by atoms with Crippen molar-refractivity contribution >= 4 is 39.9 Å². The monoisotopic (exact) mass is 358 g/mol. The molecule has 0 atom stereocenters. The van der Waals surface area contributed by atoms with Crippen LogP contribution in [-0.2, 0) is 11.2 Å². The summed E-state index contributed by atoms with van der Waals surface area (Å²) in [5.74, 6) is 0.779. The van der Waals surface area contributed by atoms with Crippen molar-refractivity contribution in [3.05, 3.63) is 53.3 Å². The average Bonchev–Trinajstić information content (AvgIpc) is 2.62. The largest absolute Gasteiger partial charge is 0.497 e. The first kappa shape index (κ1) is 16.9. The molecule has 25 heavy (non-hydrogen) atoms. The number of nitrogens with zero attached hydrogens (tertiary/aromatic N) is 2. The van der Waals surface area contributed by atoms with Crippen LogP contribution in [0.15, 0.2) is 42.5 Å². The molecule has 1 amide bonds. The van der Waals surface area contributed by atoms with Crippen molar-refractivity contribution in [3.63, 3.8) is 0 Å². The molecule has 0 aliphatic rings. The van der Waals surface area contributed by atoms with Crippen LogP contribution in [0.3, 0.4) is 0 Å². The summed E-state index contributed by atoms with van der Waals surface area (Å²) in [6, 6.07) is 12.6. The number of hydrogen-bond donors (Lipinski definition) is 3. The first-order valence-electron chi connectivity index (χ1n) is 7.39. The number of ether oxygens (including phenoxy) is 1. The molecular weight excluding hydrogens is 344 g/mol. The summed E-state index contributed by atoms with van der Waals surface area (Å²) >= 11 is 6.01. The normalized spacial score (nSPS) is 10.5. The Hall–Kier alpha value is -2.90. The van der Waals surface area contributed by atoms with E-state index in [1.807, 2.05) is 24.3 Å². The number of amides is 1. The molecule has 0 saturated carbocycles. The van der Waals surface area contributed by atoms with Crippen LogP contribution < -0.4 is 15.5 Å². The van der Waals surface area contributed by atoms with Crippen molar-refractivity contribution in [1.82, 2.24) is 15.4 Å². The Labute approximate surface area is 148 Å². The van der Waals surface area contributed by atoms with Gasteiger partial charge in [0, 0.05) is 17.1 Å². The molecule has 0 spiro atoms. The third-order valence-electron chi connectivity index (χ3n) is 3.58. The van der Waals surface area contributed by atoms with Crippen molar-refractivity contribution in [3.8, 4) is 5.75 Å². The number of methoxy groups -OCH3 is 1. The van der Waals surface area contributed by atoms with Crippen LogP contribution in [-0.4, -0.2) is 28.2 Å². The van der Waals surface area contributed by atoms with Gasteiger partial charge in [0.25, 0.3) is 0 Å². The second-order valence-corrected chi connectivity index (χ2v) is 5.60. The smallest absolute Gasteiger partial charge is 0.247 e. The van der Waals surface area contributed by atoms with E-state index in [1.165, 1.54) is 0 Å². The van der Waals surface area contributed by atoms with Gasteiger partial charge in [0.2, 0.25) is 11.2 Å². The predicted molar refractivity (Wildman–Crippen MR) is 94.5 cm³/mol. The summed E-state index contributed by atoms with van der Waals surface area (Å²) in [5.41, 5.74) is 3.82. The molecule has 0 radical (unpaired) electrons. The van der Waals surface area contributed by atoms with Crippen molar-refractivity contribution in [2.45, 2.75) is 6.42 Å². The van der Waals surface area contributed by atoms with E-state index in [2.05, 4.69) is 15.3 Å². The molecule has 0 bridgehead atoms. The number of aromatic nitrogens is 2. The zero-order chi connectivity index (χ0) is 17.8. The number of nitrogens with one attached hydrogen (secondary N) is 2. The van der Waals surface area contributed by atoms with Crippen molar-refractivity contribution < 1.29 is 14.7 Å². The summed E-state index contributed by atoms with van der Waals surface area (Å²) in [7, 11) is 1.59. The van der Waals surface area contributed by atoms with E-state index in [0.717, 1.165) is 16.6 Å². The van der Waals surface area contributed by atoms with E-state index in [4.69, 9.17) is 21.5 Å². The molecule has 128 valence electrons. The van der Waals surface area contributed by atoms with Crippen LogP contribution in [0.2, 0.25) is 5.28 Å². The Morgan fingerprint density at radius 2 is 1.96 bits per heavy atom. The molecule has 0 fully saturated rings. The second kappa shape index (κ2) is 7.33. The molecule has 2 aromatic carbocycles. The third kappa shape index (κ3) is 3.96. The standard InChI is InChI=1S/C17H15ClN4O3/c1-25-12-6-7-13-14(9-12)20-17(18)21-16(13)19-11-4-2-10(3-5-11)8-15(23)22-24/h2-7,9,24H,8H2,1H3,(H,22,23)(H,19,20,21). The second-order valence-electron chi connectivity index (χ2n) is 5.26. The van der Waals surface area contributed by atoms with Gasteiger partial charge >= 0.3 is 0 Å². The highest BCUT2D eigenvalue weighted by molar-refractivity contribution is 6.28. The Balaban J connectivity index is 1.88. The third-order valence-corrected chi connectivity index (χ3v) is 3.75. The van der Waals surface area contributed by atoms with Gasteiger partial charge < -0.3 is 10.1 Å². The summed E-state index contributed by atoms with van der Waals surface area (Å²) < 4.78 is 5.20. The molecule has 0 saturated heterocycles. The van der Waals surface area contributed by atoms with Crippen LogP contribution >= 0.6 is 11.6 Å². The maximum Gasteiger partial charge on any atom is 0.247 e. The molecule has 1 aromatic heterocycles. The molecule has 8 heteroatoms. The van der Waals surface area contributed by atoms with E-state index in [-0.39, 0.29) is 11.7 Å². The van der Waals surface area contributed by atoms with Crippen LogP contribution in [0.1, 0.15) is 5.56 Å². The average molecular weight is 359 g/mol. The fourth-order valence-corrected chi connectivity index (χ4v) is 2.55. The maximum atomic E-state index is 11.2. The van der Waals surface area contributed by atoms with Crippen LogP contribution in [0.4, 0.5) is 11.5 Å². The van der Waals surface area contributed by atoms with Gasteiger partial charge in [-0.1, -0.05) is 12.1 Å². The van der Waals surface area contributed by atoms with Crippen LogP contribution in [0, 0.1) is 0 Å². The topological polar surface area (TPSA) is 96.4 Å². The van der Waals surface area contributed by atoms with Gasteiger partial charge in [0.05, 0.1) is 19.0 Å². The molecule has 1 heterocycles. The maximum absolute atomic E-state index is 11.2. The Morgan fingerprint density at radius 1 is 1.20 bits per heavy atom. The molecular formula is C17H15ClN4O3. The quantitative estimate of drug-likeness (QED) is 0.368. The number of hydrogen-bond acceptors (Lipinski definition) is 6. The Bertz CT molecular complexity index is 916. The highest BCUT2D eigenvalue weighted by Gasteiger charge is 2.09. The number of hydroxylamine groups is 1. The van der Waals surface area contributed by atoms with Gasteiger partial charge in [-0.2, -0.15) is 4.98 Å². The van der Waals surface area contributed by atoms with Crippen molar-refractivity contribution in [2.75, 3.05) is 12.4 Å². The zero-order valence-corrected chi connectivity index (χ0v) is 14.0.